The summed E-state index contributed by atoms with van der Waals surface area (Å²) >= 11 is 2.58. The van der Waals surface area contributed by atoms with Gasteiger partial charge in [-0.25, -0.2) is 13.2 Å². The number of thioether (sulfide) groups is 2. The highest BCUT2D eigenvalue weighted by molar-refractivity contribution is 8.04. The number of sulfonamides is 1. The maximum atomic E-state index is 13.6. The van der Waals surface area contributed by atoms with E-state index in [1.165, 1.54) is 30.6 Å². The van der Waals surface area contributed by atoms with Gasteiger partial charge in [0.25, 0.3) is 0 Å². The number of hydrogen-bond acceptors (Lipinski definition) is 8. The van der Waals surface area contributed by atoms with Crippen LogP contribution in [0, 0.1) is 16.7 Å². The first-order valence-corrected chi connectivity index (χ1v) is 18.6. The van der Waals surface area contributed by atoms with Crippen LogP contribution >= 0.6 is 23.5 Å². The number of carbonyl (C=O) groups is 2. The highest BCUT2D eigenvalue weighted by atomic mass is 32.2. The second kappa shape index (κ2) is 15.4. The zero-order valence-corrected chi connectivity index (χ0v) is 30.3. The Morgan fingerprint density at radius 1 is 0.957 bits per heavy atom. The van der Waals surface area contributed by atoms with Crippen molar-refractivity contribution in [3.8, 4) is 0 Å². The standard InChI is InChI=1S/C34H46N2O7S3/c1-9-10-21-43-34(36-46(8,40)41)25(30(37)38)27(35-31(39)42-7)28(44-23-17-13-11-14-18-23)26(33(5,6)22-32(2,3)4)29(34)45-24-19-15-12-16-20-24/h11-20,25,36H,9-10,21-22H2,1-8H3,(H,35,39)(H,37,38). The molecule has 0 bridgehead atoms. The SMILES string of the molecule is CCCCOC1(NS(C)(=O)=O)C(Sc2ccccc2)=C(C(C)(C)CC(C)(C)C)C(Sc2ccccc2)=C(NC(=O)OC)C1C(=O)O. The monoisotopic (exact) mass is 690 g/mol. The Morgan fingerprint density at radius 3 is 1.96 bits per heavy atom. The maximum Gasteiger partial charge on any atom is 0.411 e. The van der Waals surface area contributed by atoms with Gasteiger partial charge in [0.1, 0.15) is 5.92 Å². The van der Waals surface area contributed by atoms with Gasteiger partial charge in [0.15, 0.2) is 5.72 Å². The highest BCUT2D eigenvalue weighted by Crippen LogP contribution is 2.58. The number of unbranched alkanes of at least 4 members (excludes halogenated alkanes) is 1. The van der Waals surface area contributed by atoms with Crippen molar-refractivity contribution in [2.75, 3.05) is 20.0 Å². The van der Waals surface area contributed by atoms with Crippen LogP contribution in [0.25, 0.3) is 0 Å². The van der Waals surface area contributed by atoms with Crippen molar-refractivity contribution in [1.29, 1.82) is 0 Å². The number of nitrogens with one attached hydrogen (secondary N) is 2. The number of amides is 1. The van der Waals surface area contributed by atoms with Crippen molar-refractivity contribution in [1.82, 2.24) is 10.0 Å². The minimum atomic E-state index is -4.11. The van der Waals surface area contributed by atoms with Gasteiger partial charge >= 0.3 is 12.1 Å². The minimum absolute atomic E-state index is 0.0183. The van der Waals surface area contributed by atoms with E-state index in [1.54, 1.807) is 0 Å². The number of carbonyl (C=O) groups excluding carboxylic acids is 1. The summed E-state index contributed by atoms with van der Waals surface area (Å²) in [6.45, 7) is 12.5. The van der Waals surface area contributed by atoms with Gasteiger partial charge in [-0.2, -0.15) is 4.72 Å². The summed E-state index contributed by atoms with van der Waals surface area (Å²) in [6.07, 6.45) is 1.98. The minimum Gasteiger partial charge on any atom is -0.481 e. The van der Waals surface area contributed by atoms with E-state index in [1.807, 2.05) is 67.6 Å². The number of alkyl carbamates (subject to hydrolysis) is 1. The van der Waals surface area contributed by atoms with Crippen LogP contribution in [0.3, 0.4) is 0 Å². The number of hydrogen-bond donors (Lipinski definition) is 3. The Morgan fingerprint density at radius 2 is 1.50 bits per heavy atom. The van der Waals surface area contributed by atoms with Crippen LogP contribution in [0.15, 0.2) is 91.5 Å². The Balaban J connectivity index is 2.64. The normalized spacial score (nSPS) is 19.3. The molecule has 2 unspecified atom stereocenters. The van der Waals surface area contributed by atoms with Crippen LogP contribution in [-0.2, 0) is 24.3 Å². The van der Waals surface area contributed by atoms with Gasteiger partial charge < -0.3 is 14.6 Å². The van der Waals surface area contributed by atoms with Gasteiger partial charge in [-0.1, -0.05) is 108 Å². The molecule has 3 rings (SSSR count). The summed E-state index contributed by atoms with van der Waals surface area (Å²) in [5.74, 6) is -3.09. The number of aliphatic carboxylic acids is 1. The molecule has 0 heterocycles. The van der Waals surface area contributed by atoms with Gasteiger partial charge in [0.2, 0.25) is 10.0 Å². The van der Waals surface area contributed by atoms with Gasteiger partial charge in [-0.05, 0) is 53.5 Å². The van der Waals surface area contributed by atoms with Crippen molar-refractivity contribution in [2.24, 2.45) is 16.7 Å². The predicted octanol–water partition coefficient (Wildman–Crippen LogP) is 7.63. The Hall–Kier alpha value is -2.77. The largest absolute Gasteiger partial charge is 0.481 e. The highest BCUT2D eigenvalue weighted by Gasteiger charge is 2.58. The summed E-state index contributed by atoms with van der Waals surface area (Å²) in [6, 6.07) is 18.8. The molecule has 2 aromatic rings. The fourth-order valence-electron chi connectivity index (χ4n) is 5.89. The van der Waals surface area contributed by atoms with Gasteiger partial charge in [0.05, 0.1) is 19.1 Å². The summed E-state index contributed by atoms with van der Waals surface area (Å²) in [4.78, 5) is 29.0. The Kier molecular flexibility index (Phi) is 12.6. The molecule has 252 valence electrons. The van der Waals surface area contributed by atoms with Crippen LogP contribution in [0.5, 0.6) is 0 Å². The maximum absolute atomic E-state index is 13.6. The summed E-state index contributed by atoms with van der Waals surface area (Å²) < 4.78 is 40.8. The lowest BCUT2D eigenvalue weighted by Gasteiger charge is -2.49. The topological polar surface area (TPSA) is 131 Å². The number of ether oxygens (including phenoxy) is 2. The van der Waals surface area contributed by atoms with Gasteiger partial charge in [-0.3, -0.25) is 10.1 Å². The molecule has 0 fully saturated rings. The molecule has 0 saturated heterocycles. The van der Waals surface area contributed by atoms with E-state index in [2.05, 4.69) is 44.7 Å². The lowest BCUT2D eigenvalue weighted by Crippen LogP contribution is -2.62. The Bertz CT molecular complexity index is 1550. The average molecular weight is 691 g/mol. The first-order chi connectivity index (χ1) is 21.4. The van der Waals surface area contributed by atoms with Crippen LogP contribution in [0.2, 0.25) is 0 Å². The molecule has 1 aliphatic rings. The zero-order chi connectivity index (χ0) is 34.3. The number of benzene rings is 2. The second-order valence-corrected chi connectivity index (χ2v) is 17.0. The third-order valence-electron chi connectivity index (χ3n) is 7.14. The molecule has 9 nitrogen and oxygen atoms in total. The molecule has 3 N–H and O–H groups in total. The van der Waals surface area contributed by atoms with Crippen LogP contribution < -0.4 is 10.0 Å². The van der Waals surface area contributed by atoms with Crippen LogP contribution in [0.4, 0.5) is 4.79 Å². The molecule has 0 saturated carbocycles. The van der Waals surface area contributed by atoms with E-state index < -0.39 is 39.1 Å². The second-order valence-electron chi connectivity index (χ2n) is 13.1. The first-order valence-electron chi connectivity index (χ1n) is 15.1. The first kappa shape index (κ1) is 37.7. The molecule has 2 atom stereocenters. The quantitative estimate of drug-likeness (QED) is 0.135. The zero-order valence-electron chi connectivity index (χ0n) is 27.8. The van der Waals surface area contributed by atoms with E-state index in [-0.39, 0.29) is 17.7 Å². The van der Waals surface area contributed by atoms with Crippen LogP contribution in [-0.4, -0.2) is 51.3 Å². The molecule has 12 heteroatoms. The summed E-state index contributed by atoms with van der Waals surface area (Å²) in [7, 11) is -2.92. The van der Waals surface area contributed by atoms with E-state index in [0.717, 1.165) is 22.5 Å². The molecular weight excluding hydrogens is 645 g/mol. The number of allylic oxidation sites excluding steroid dienone is 1. The predicted molar refractivity (Wildman–Crippen MR) is 185 cm³/mol. The molecule has 0 radical (unpaired) electrons. The van der Waals surface area contributed by atoms with E-state index >= 15 is 0 Å². The lowest BCUT2D eigenvalue weighted by molar-refractivity contribution is -0.152. The van der Waals surface area contributed by atoms with Crippen molar-refractivity contribution >= 4 is 45.6 Å². The van der Waals surface area contributed by atoms with Crippen LogP contribution in [0.1, 0.15) is 60.8 Å². The molecule has 0 spiro atoms. The number of carboxylic acids is 1. The third-order valence-corrected chi connectivity index (χ3v) is 10.2. The van der Waals surface area contributed by atoms with E-state index in [9.17, 15) is 23.1 Å². The average Bonchev–Trinajstić information content (AvgIpc) is 2.94. The fourth-order valence-corrected chi connectivity index (χ4v) is 9.52. The van der Waals surface area contributed by atoms with Crippen molar-refractivity contribution < 1.29 is 32.6 Å². The molecule has 46 heavy (non-hydrogen) atoms. The molecule has 2 aromatic carbocycles. The molecule has 0 aliphatic heterocycles. The third kappa shape index (κ3) is 9.63. The van der Waals surface area contributed by atoms with E-state index in [4.69, 9.17) is 9.47 Å². The summed E-state index contributed by atoms with van der Waals surface area (Å²) in [5.41, 5.74) is -2.37. The number of methoxy groups -OCH3 is 1. The Labute approximate surface area is 282 Å². The summed E-state index contributed by atoms with van der Waals surface area (Å²) in [5, 5.41) is 13.8. The number of rotatable bonds is 14. The van der Waals surface area contributed by atoms with Crippen molar-refractivity contribution in [3.05, 3.63) is 81.7 Å². The smallest absolute Gasteiger partial charge is 0.411 e. The molecular formula is C34H46N2O7S3. The van der Waals surface area contributed by atoms with Crippen molar-refractivity contribution in [3.63, 3.8) is 0 Å². The molecule has 1 aliphatic carbocycles. The van der Waals surface area contributed by atoms with Gasteiger partial charge in [0, 0.05) is 26.2 Å². The van der Waals surface area contributed by atoms with E-state index in [0.29, 0.717) is 28.2 Å². The number of carboxylic acid groups (broad SMARTS) is 1. The molecule has 1 amide bonds. The fraction of sp³-hybridized carbons (Fsp3) is 0.471. The molecule has 0 aromatic heterocycles. The lowest BCUT2D eigenvalue weighted by atomic mass is 9.68. The van der Waals surface area contributed by atoms with Crippen molar-refractivity contribution in [2.45, 2.75) is 76.3 Å². The van der Waals surface area contributed by atoms with Gasteiger partial charge in [-0.15, -0.1) is 0 Å².